The smallest absolute Gasteiger partial charge is 0.263 e. The van der Waals surface area contributed by atoms with Crippen LogP contribution >= 0.6 is 23.1 Å². The quantitative estimate of drug-likeness (QED) is 0.155. The van der Waals surface area contributed by atoms with Gasteiger partial charge in [0.05, 0.1) is 15.6 Å². The number of allylic oxidation sites excluding steroid dienone is 6. The number of thiazole rings is 1. The molecule has 1 atom stereocenters. The van der Waals surface area contributed by atoms with E-state index in [0.29, 0.717) is 0 Å². The molecule has 8 rings (SSSR count). The van der Waals surface area contributed by atoms with Gasteiger partial charge in [0.2, 0.25) is 5.52 Å². The Bertz CT molecular complexity index is 2080. The summed E-state index contributed by atoms with van der Waals surface area (Å²) in [4.78, 5) is 3.72. The predicted molar refractivity (Wildman–Crippen MR) is 193 cm³/mol. The minimum absolute atomic E-state index is 0.178. The maximum atomic E-state index is 10.4. The van der Waals surface area contributed by atoms with Crippen LogP contribution in [0.3, 0.4) is 0 Å². The van der Waals surface area contributed by atoms with Crippen LogP contribution in [0.5, 0.6) is 0 Å². The number of para-hydroxylation sites is 2. The highest BCUT2D eigenvalue weighted by Gasteiger charge is 2.37. The topological polar surface area (TPSA) is 64.3 Å². The van der Waals surface area contributed by atoms with Crippen LogP contribution in [0.1, 0.15) is 62.9 Å². The van der Waals surface area contributed by atoms with Gasteiger partial charge in [-0.25, -0.2) is 8.42 Å². The van der Waals surface area contributed by atoms with Gasteiger partial charge < -0.3 is 9.45 Å². The van der Waals surface area contributed by atoms with Crippen LogP contribution in [0.2, 0.25) is 0 Å². The Labute approximate surface area is 286 Å². The number of aromatic nitrogens is 1. The number of aryl methyl sites for hydroxylation is 2. The Morgan fingerprint density at radius 1 is 0.894 bits per heavy atom. The summed E-state index contributed by atoms with van der Waals surface area (Å²) in [5.74, 6) is 0.771. The molecule has 4 aliphatic rings. The molecule has 47 heavy (non-hydrogen) atoms. The molecule has 8 heteroatoms. The third-order valence-electron chi connectivity index (χ3n) is 9.79. The Hall–Kier alpha value is -3.43. The van der Waals surface area contributed by atoms with E-state index in [4.69, 9.17) is 0 Å². The van der Waals surface area contributed by atoms with Gasteiger partial charge in [-0.3, -0.25) is 0 Å². The molecule has 4 aromatic rings. The van der Waals surface area contributed by atoms with E-state index >= 15 is 0 Å². The highest BCUT2D eigenvalue weighted by atomic mass is 32.2. The molecule has 0 N–H and O–H groups in total. The van der Waals surface area contributed by atoms with Crippen molar-refractivity contribution in [1.29, 1.82) is 0 Å². The number of fused-ring (bicyclic) bond motifs is 2. The van der Waals surface area contributed by atoms with E-state index in [-0.39, 0.29) is 4.90 Å². The Morgan fingerprint density at radius 3 is 2.38 bits per heavy atom. The van der Waals surface area contributed by atoms with Gasteiger partial charge in [-0.1, -0.05) is 65.1 Å². The lowest BCUT2D eigenvalue weighted by Gasteiger charge is -2.32. The van der Waals surface area contributed by atoms with Crippen molar-refractivity contribution in [2.45, 2.75) is 75.6 Å². The van der Waals surface area contributed by atoms with Crippen LogP contribution in [-0.4, -0.2) is 19.5 Å². The molecule has 2 heterocycles. The van der Waals surface area contributed by atoms with Gasteiger partial charge >= 0.3 is 0 Å². The fraction of sp³-hybridized carbons (Fsp3) is 0.308. The average Bonchev–Trinajstić information content (AvgIpc) is 3.77. The summed E-state index contributed by atoms with van der Waals surface area (Å²) < 4.78 is 35.1. The van der Waals surface area contributed by atoms with Gasteiger partial charge in [0.25, 0.3) is 5.01 Å². The fourth-order valence-electron chi connectivity index (χ4n) is 7.55. The zero-order valence-electron chi connectivity index (χ0n) is 27.2. The van der Waals surface area contributed by atoms with Crippen molar-refractivity contribution in [3.05, 3.63) is 122 Å². The van der Waals surface area contributed by atoms with E-state index in [1.165, 1.54) is 81.5 Å². The van der Waals surface area contributed by atoms with Gasteiger partial charge in [-0.2, -0.15) is 4.57 Å². The van der Waals surface area contributed by atoms with E-state index in [1.54, 1.807) is 40.0 Å². The third-order valence-corrected chi connectivity index (χ3v) is 12.9. The first-order chi connectivity index (χ1) is 22.7. The highest BCUT2D eigenvalue weighted by molar-refractivity contribution is 8.03. The molecule has 0 fully saturated rings. The zero-order chi connectivity index (χ0) is 32.7. The summed E-state index contributed by atoms with van der Waals surface area (Å²) in [6.07, 6.45) is 12.6. The van der Waals surface area contributed by atoms with Crippen LogP contribution in [0.25, 0.3) is 16.3 Å². The molecule has 5 nitrogen and oxygen atoms in total. The molecule has 0 amide bonds. The SMILES string of the molecule is CCN1/C(=C/C2=C3CCC4=C3C(CC2)CC/C4=C\c2sc3ccccc3[n+]2CC)Sc2ccccc21.Cc1ccc(S(=O)(=O)[O-])cc1. The highest BCUT2D eigenvalue weighted by Crippen LogP contribution is 2.54. The second-order valence-corrected chi connectivity index (χ2v) is 16.1. The average molecular weight is 681 g/mol. The van der Waals surface area contributed by atoms with Gasteiger partial charge in [0, 0.05) is 23.6 Å². The van der Waals surface area contributed by atoms with E-state index < -0.39 is 10.1 Å². The Balaban J connectivity index is 0.000000273. The normalized spacial score (nSPS) is 20.6. The molecule has 3 aliphatic carbocycles. The summed E-state index contributed by atoms with van der Waals surface area (Å²) in [6.45, 7) is 8.41. The summed E-state index contributed by atoms with van der Waals surface area (Å²) in [5.41, 5.74) is 12.0. The van der Waals surface area contributed by atoms with Crippen molar-refractivity contribution in [2.24, 2.45) is 5.92 Å². The number of anilines is 1. The van der Waals surface area contributed by atoms with Crippen molar-refractivity contribution < 1.29 is 17.5 Å². The molecular formula is C39H40N2O3S3. The number of benzene rings is 3. The predicted octanol–water partition coefficient (Wildman–Crippen LogP) is 9.56. The molecule has 242 valence electrons. The number of nitrogens with zero attached hydrogens (tertiary/aromatic N) is 2. The number of rotatable bonds is 5. The third kappa shape index (κ3) is 6.29. The summed E-state index contributed by atoms with van der Waals surface area (Å²) in [7, 11) is -4.27. The van der Waals surface area contributed by atoms with Crippen LogP contribution < -0.4 is 9.47 Å². The van der Waals surface area contributed by atoms with Gasteiger partial charge in [-0.05, 0) is 129 Å². The standard InChI is InChI=1S/C32H33N2S2.C7H8O3S/c1-3-33-26-9-5-7-11-28(26)35-30(33)19-22-15-13-21-14-16-23(25-18-17-24(22)32(21)25)20-31-34(4-2)27-10-6-8-12-29(27)36-31;1-6-2-4-7(5-3-6)11(8,9)10/h5-12,19-21H,3-4,13-18H2,1-2H3;2-5H,1H3,(H,8,9,10)/q+1;/p-1. The van der Waals surface area contributed by atoms with Crippen molar-refractivity contribution in [2.75, 3.05) is 11.4 Å². The first-order valence-corrected chi connectivity index (χ1v) is 19.7. The summed E-state index contributed by atoms with van der Waals surface area (Å²) >= 11 is 3.90. The summed E-state index contributed by atoms with van der Waals surface area (Å²) in [6, 6.07) is 23.5. The lowest BCUT2D eigenvalue weighted by molar-refractivity contribution is -0.665. The number of thioether (sulfide) groups is 1. The lowest BCUT2D eigenvalue weighted by atomic mass is 9.73. The molecule has 0 bridgehead atoms. The first-order valence-electron chi connectivity index (χ1n) is 16.6. The maximum Gasteiger partial charge on any atom is 0.263 e. The van der Waals surface area contributed by atoms with E-state index in [1.807, 2.05) is 30.0 Å². The van der Waals surface area contributed by atoms with Gasteiger partial charge in [0.15, 0.2) is 0 Å². The second-order valence-electron chi connectivity index (χ2n) is 12.6. The van der Waals surface area contributed by atoms with Crippen molar-refractivity contribution >= 4 is 55.2 Å². The molecule has 0 saturated heterocycles. The minimum atomic E-state index is -4.27. The minimum Gasteiger partial charge on any atom is -0.744 e. The van der Waals surface area contributed by atoms with Crippen molar-refractivity contribution in [1.82, 2.24) is 0 Å². The van der Waals surface area contributed by atoms with Crippen molar-refractivity contribution in [3.63, 3.8) is 0 Å². The van der Waals surface area contributed by atoms with Crippen LogP contribution in [0.15, 0.2) is 122 Å². The van der Waals surface area contributed by atoms with E-state index in [0.717, 1.165) is 24.6 Å². The molecule has 1 unspecified atom stereocenters. The summed E-state index contributed by atoms with van der Waals surface area (Å²) in [5, 5.41) is 2.82. The van der Waals surface area contributed by atoms with E-state index in [9.17, 15) is 13.0 Å². The molecular weight excluding hydrogens is 641 g/mol. The van der Waals surface area contributed by atoms with Crippen LogP contribution in [0, 0.1) is 12.8 Å². The lowest BCUT2D eigenvalue weighted by Crippen LogP contribution is -2.33. The molecule has 0 saturated carbocycles. The number of hydrogen-bond acceptors (Lipinski definition) is 6. The number of hydrogen-bond donors (Lipinski definition) is 0. The fourth-order valence-corrected chi connectivity index (χ4v) is 10.4. The Morgan fingerprint density at radius 2 is 1.62 bits per heavy atom. The van der Waals surface area contributed by atoms with Gasteiger partial charge in [0.1, 0.15) is 21.4 Å². The molecule has 0 spiro atoms. The zero-order valence-corrected chi connectivity index (χ0v) is 29.6. The van der Waals surface area contributed by atoms with Crippen LogP contribution in [0.4, 0.5) is 5.69 Å². The first kappa shape index (κ1) is 32.1. The van der Waals surface area contributed by atoms with Crippen molar-refractivity contribution in [3.8, 4) is 0 Å². The monoisotopic (exact) mass is 680 g/mol. The van der Waals surface area contributed by atoms with Gasteiger partial charge in [-0.15, -0.1) is 0 Å². The Kier molecular flexibility index (Phi) is 9.04. The molecule has 1 aromatic heterocycles. The molecule has 3 aromatic carbocycles. The second kappa shape index (κ2) is 13.2. The maximum absolute atomic E-state index is 10.4. The van der Waals surface area contributed by atoms with Crippen LogP contribution in [-0.2, 0) is 16.7 Å². The largest absolute Gasteiger partial charge is 0.744 e. The molecule has 0 radical (unpaired) electrons. The van der Waals surface area contributed by atoms with E-state index in [2.05, 4.69) is 84.0 Å². The molecule has 1 aliphatic heterocycles.